The first-order chi connectivity index (χ1) is 7.61. The first kappa shape index (κ1) is 11.3. The summed E-state index contributed by atoms with van der Waals surface area (Å²) in [6, 6.07) is 6.46. The molecule has 0 radical (unpaired) electrons. The van der Waals surface area contributed by atoms with E-state index in [-0.39, 0.29) is 0 Å². The zero-order chi connectivity index (χ0) is 11.7. The highest BCUT2D eigenvalue weighted by Crippen LogP contribution is 2.18. The molecule has 2 rings (SSSR count). The summed E-state index contributed by atoms with van der Waals surface area (Å²) in [4.78, 5) is 0. The Bertz CT molecular complexity index is 494. The molecular formula is C13H16N2S. The summed E-state index contributed by atoms with van der Waals surface area (Å²) in [5, 5.41) is 4.41. The molecule has 0 aliphatic carbocycles. The molecule has 0 aliphatic rings. The fourth-order valence-electron chi connectivity index (χ4n) is 1.93. The number of aryl methyl sites for hydroxylation is 2. The number of hydrogen-bond donors (Lipinski definition) is 1. The highest BCUT2D eigenvalue weighted by molar-refractivity contribution is 7.79. The van der Waals surface area contributed by atoms with E-state index in [9.17, 15) is 0 Å². The van der Waals surface area contributed by atoms with Crippen LogP contribution in [0.25, 0.3) is 5.69 Å². The molecule has 0 bridgehead atoms. The van der Waals surface area contributed by atoms with Gasteiger partial charge in [0, 0.05) is 17.0 Å². The van der Waals surface area contributed by atoms with Crippen LogP contribution >= 0.6 is 12.6 Å². The lowest BCUT2D eigenvalue weighted by Gasteiger charge is -2.07. The Morgan fingerprint density at radius 2 is 1.75 bits per heavy atom. The molecule has 1 aromatic carbocycles. The van der Waals surface area contributed by atoms with E-state index in [4.69, 9.17) is 0 Å². The first-order valence-electron chi connectivity index (χ1n) is 5.35. The van der Waals surface area contributed by atoms with E-state index in [0.717, 1.165) is 11.4 Å². The third-order valence-electron chi connectivity index (χ3n) is 2.73. The Hall–Kier alpha value is -1.22. The van der Waals surface area contributed by atoms with Crippen LogP contribution in [0.5, 0.6) is 0 Å². The van der Waals surface area contributed by atoms with Crippen molar-refractivity contribution in [1.29, 1.82) is 0 Å². The van der Waals surface area contributed by atoms with Crippen molar-refractivity contribution in [2.45, 2.75) is 26.5 Å². The maximum absolute atomic E-state index is 4.41. The second kappa shape index (κ2) is 4.34. The first-order valence-corrected chi connectivity index (χ1v) is 5.98. The van der Waals surface area contributed by atoms with Crippen molar-refractivity contribution in [2.75, 3.05) is 0 Å². The lowest BCUT2D eigenvalue weighted by molar-refractivity contribution is 0.843. The molecule has 0 spiro atoms. The summed E-state index contributed by atoms with van der Waals surface area (Å²) in [6.07, 6.45) is 1.89. The number of thiol groups is 1. The van der Waals surface area contributed by atoms with Gasteiger partial charge in [-0.15, -0.1) is 0 Å². The number of benzene rings is 1. The standard InChI is InChI=1S/C13H16N2S/c1-9-4-10(2)6-13(5-9)15-11(3)12(8-16)7-14-15/h4-7,16H,8H2,1-3H3. The molecule has 0 fully saturated rings. The lowest BCUT2D eigenvalue weighted by Crippen LogP contribution is -2.00. The Morgan fingerprint density at radius 3 is 2.25 bits per heavy atom. The number of nitrogens with zero attached hydrogens (tertiary/aromatic N) is 2. The average molecular weight is 232 g/mol. The van der Waals surface area contributed by atoms with Crippen molar-refractivity contribution in [3.63, 3.8) is 0 Å². The molecule has 0 aliphatic heterocycles. The van der Waals surface area contributed by atoms with Gasteiger partial charge < -0.3 is 0 Å². The Balaban J connectivity index is 2.54. The molecule has 3 heteroatoms. The average Bonchev–Trinajstić information content (AvgIpc) is 2.58. The summed E-state index contributed by atoms with van der Waals surface area (Å²) in [5.74, 6) is 0.733. The minimum Gasteiger partial charge on any atom is -0.238 e. The Kier molecular flexibility index (Phi) is 3.06. The molecule has 0 unspecified atom stereocenters. The van der Waals surface area contributed by atoms with Crippen LogP contribution < -0.4 is 0 Å². The van der Waals surface area contributed by atoms with E-state index in [1.165, 1.54) is 22.4 Å². The molecule has 84 valence electrons. The van der Waals surface area contributed by atoms with Crippen LogP contribution in [0.15, 0.2) is 24.4 Å². The number of hydrogen-bond acceptors (Lipinski definition) is 2. The van der Waals surface area contributed by atoms with Gasteiger partial charge in [-0.05, 0) is 44.0 Å². The molecule has 0 N–H and O–H groups in total. The summed E-state index contributed by atoms with van der Waals surface area (Å²) < 4.78 is 1.98. The molecular weight excluding hydrogens is 216 g/mol. The predicted octanol–water partition coefficient (Wildman–Crippen LogP) is 3.23. The van der Waals surface area contributed by atoms with E-state index in [1.807, 2.05) is 10.9 Å². The highest BCUT2D eigenvalue weighted by Gasteiger charge is 2.07. The van der Waals surface area contributed by atoms with Crippen molar-refractivity contribution in [3.05, 3.63) is 46.8 Å². The van der Waals surface area contributed by atoms with Crippen molar-refractivity contribution in [3.8, 4) is 5.69 Å². The van der Waals surface area contributed by atoms with Crippen LogP contribution in [0.3, 0.4) is 0 Å². The van der Waals surface area contributed by atoms with Gasteiger partial charge in [-0.3, -0.25) is 0 Å². The largest absolute Gasteiger partial charge is 0.238 e. The highest BCUT2D eigenvalue weighted by atomic mass is 32.1. The van der Waals surface area contributed by atoms with Crippen LogP contribution in [-0.2, 0) is 5.75 Å². The smallest absolute Gasteiger partial charge is 0.0654 e. The normalized spacial score (nSPS) is 10.8. The van der Waals surface area contributed by atoms with Gasteiger partial charge in [-0.1, -0.05) is 6.07 Å². The minimum absolute atomic E-state index is 0.733. The zero-order valence-electron chi connectivity index (χ0n) is 9.86. The monoisotopic (exact) mass is 232 g/mol. The van der Waals surface area contributed by atoms with Gasteiger partial charge in [-0.2, -0.15) is 17.7 Å². The molecule has 1 aromatic heterocycles. The Morgan fingerprint density at radius 1 is 1.12 bits per heavy atom. The van der Waals surface area contributed by atoms with Crippen molar-refractivity contribution >= 4 is 12.6 Å². The van der Waals surface area contributed by atoms with Crippen LogP contribution in [0.2, 0.25) is 0 Å². The summed E-state index contributed by atoms with van der Waals surface area (Å²) in [6.45, 7) is 6.29. The van der Waals surface area contributed by atoms with Gasteiger partial charge in [-0.25, -0.2) is 4.68 Å². The van der Waals surface area contributed by atoms with Crippen molar-refractivity contribution < 1.29 is 0 Å². The summed E-state index contributed by atoms with van der Waals surface area (Å²) in [5.41, 5.74) is 6.00. The number of aromatic nitrogens is 2. The topological polar surface area (TPSA) is 17.8 Å². The third-order valence-corrected chi connectivity index (χ3v) is 3.07. The minimum atomic E-state index is 0.733. The Labute approximate surface area is 102 Å². The van der Waals surface area contributed by atoms with Crippen molar-refractivity contribution in [2.24, 2.45) is 0 Å². The van der Waals surface area contributed by atoms with Gasteiger partial charge in [0.2, 0.25) is 0 Å². The van der Waals surface area contributed by atoms with E-state index in [0.29, 0.717) is 0 Å². The van der Waals surface area contributed by atoms with E-state index < -0.39 is 0 Å². The molecule has 2 nitrogen and oxygen atoms in total. The van der Waals surface area contributed by atoms with E-state index in [1.54, 1.807) is 0 Å². The summed E-state index contributed by atoms with van der Waals surface area (Å²) >= 11 is 4.29. The number of rotatable bonds is 2. The fourth-order valence-corrected chi connectivity index (χ4v) is 2.24. The summed E-state index contributed by atoms with van der Waals surface area (Å²) in [7, 11) is 0. The van der Waals surface area contributed by atoms with Crippen LogP contribution in [0.1, 0.15) is 22.4 Å². The maximum Gasteiger partial charge on any atom is 0.0654 e. The van der Waals surface area contributed by atoms with E-state index >= 15 is 0 Å². The van der Waals surface area contributed by atoms with Crippen LogP contribution in [0, 0.1) is 20.8 Å². The van der Waals surface area contributed by atoms with Crippen LogP contribution in [-0.4, -0.2) is 9.78 Å². The molecule has 2 aromatic rings. The lowest BCUT2D eigenvalue weighted by atomic mass is 10.1. The predicted molar refractivity (Wildman–Crippen MR) is 70.5 cm³/mol. The fraction of sp³-hybridized carbons (Fsp3) is 0.308. The zero-order valence-corrected chi connectivity index (χ0v) is 10.8. The quantitative estimate of drug-likeness (QED) is 0.787. The van der Waals surface area contributed by atoms with Gasteiger partial charge in [0.25, 0.3) is 0 Å². The van der Waals surface area contributed by atoms with Crippen LogP contribution in [0.4, 0.5) is 0 Å². The second-order valence-corrected chi connectivity index (χ2v) is 4.49. The van der Waals surface area contributed by atoms with E-state index in [2.05, 4.69) is 56.7 Å². The van der Waals surface area contributed by atoms with Gasteiger partial charge in [0.15, 0.2) is 0 Å². The third kappa shape index (κ3) is 2.00. The molecule has 0 saturated heterocycles. The second-order valence-electron chi connectivity index (χ2n) is 4.17. The maximum atomic E-state index is 4.41. The van der Waals surface area contributed by atoms with Gasteiger partial charge in [0.05, 0.1) is 11.9 Å². The molecule has 0 amide bonds. The van der Waals surface area contributed by atoms with Crippen molar-refractivity contribution in [1.82, 2.24) is 9.78 Å². The SMILES string of the molecule is Cc1cc(C)cc(-n2ncc(CS)c2C)c1. The van der Waals surface area contributed by atoms with Gasteiger partial charge >= 0.3 is 0 Å². The molecule has 0 atom stereocenters. The molecule has 0 saturated carbocycles. The molecule has 16 heavy (non-hydrogen) atoms. The van der Waals surface area contributed by atoms with Gasteiger partial charge in [0.1, 0.15) is 0 Å². The molecule has 1 heterocycles.